The highest BCUT2D eigenvalue weighted by molar-refractivity contribution is 6.08. The summed E-state index contributed by atoms with van der Waals surface area (Å²) in [4.78, 5) is 27.7. The van der Waals surface area contributed by atoms with Gasteiger partial charge in [-0.25, -0.2) is 13.6 Å². The Morgan fingerprint density at radius 3 is 2.47 bits per heavy atom. The number of ether oxygens (including phenoxy) is 1. The van der Waals surface area contributed by atoms with Crippen LogP contribution in [0.15, 0.2) is 30.3 Å². The number of hydrogen-bond donors (Lipinski definition) is 1. The summed E-state index contributed by atoms with van der Waals surface area (Å²) in [5.41, 5.74) is 0.594. The van der Waals surface area contributed by atoms with E-state index in [0.29, 0.717) is 38.0 Å². The monoisotopic (exact) mass is 441 g/mol. The third-order valence-electron chi connectivity index (χ3n) is 6.33. The number of carbonyl (C=O) groups excluding carboxylic acids is 1. The van der Waals surface area contributed by atoms with E-state index in [4.69, 9.17) is 9.84 Å². The first kappa shape index (κ1) is 21.7. The van der Waals surface area contributed by atoms with Gasteiger partial charge in [0, 0.05) is 31.4 Å². The van der Waals surface area contributed by atoms with Crippen molar-refractivity contribution < 1.29 is 28.2 Å². The van der Waals surface area contributed by atoms with E-state index in [-0.39, 0.29) is 18.3 Å². The minimum Gasteiger partial charge on any atom is -0.492 e. The Kier molecular flexibility index (Phi) is 5.57. The van der Waals surface area contributed by atoms with Gasteiger partial charge in [0.1, 0.15) is 29.6 Å². The quantitative estimate of drug-likeness (QED) is 0.767. The molecule has 2 aromatic carbocycles. The lowest BCUT2D eigenvalue weighted by molar-refractivity contribution is -0.124. The van der Waals surface area contributed by atoms with E-state index in [9.17, 15) is 23.6 Å². The number of halogens is 2. The average molecular weight is 441 g/mol. The molecule has 4 rings (SSSR count). The number of aromatic carboxylic acids is 1. The largest absolute Gasteiger partial charge is 0.492 e. The van der Waals surface area contributed by atoms with Crippen LogP contribution in [0, 0.1) is 23.0 Å². The number of anilines is 1. The number of nitrogens with zero attached hydrogens (tertiary/aromatic N) is 3. The SMILES string of the molecule is CN1C(=O)C2(CCN(CCOc3cc(F)c(C(=O)O)c(F)c3)CC2)c2cc(C#N)ccc21. The average Bonchev–Trinajstić information content (AvgIpc) is 2.96. The van der Waals surface area contributed by atoms with Gasteiger partial charge >= 0.3 is 5.97 Å². The molecule has 0 saturated carbocycles. The highest BCUT2D eigenvalue weighted by atomic mass is 19.1. The Balaban J connectivity index is 1.39. The molecule has 0 unspecified atom stereocenters. The van der Waals surface area contributed by atoms with Crippen LogP contribution in [0.1, 0.15) is 34.3 Å². The van der Waals surface area contributed by atoms with Gasteiger partial charge in [-0.15, -0.1) is 0 Å². The Hall–Kier alpha value is -3.51. The molecule has 2 heterocycles. The van der Waals surface area contributed by atoms with Crippen molar-refractivity contribution in [1.82, 2.24) is 4.90 Å². The van der Waals surface area contributed by atoms with Crippen molar-refractivity contribution >= 4 is 17.6 Å². The molecule has 7 nitrogen and oxygen atoms in total. The lowest BCUT2D eigenvalue weighted by atomic mass is 9.73. The zero-order valence-corrected chi connectivity index (χ0v) is 17.4. The summed E-state index contributed by atoms with van der Waals surface area (Å²) in [6.07, 6.45) is 1.18. The molecule has 1 amide bonds. The number of nitriles is 1. The summed E-state index contributed by atoms with van der Waals surface area (Å²) in [6.45, 7) is 1.89. The van der Waals surface area contributed by atoms with E-state index in [0.717, 1.165) is 23.4 Å². The fourth-order valence-corrected chi connectivity index (χ4v) is 4.60. The molecule has 0 aliphatic carbocycles. The van der Waals surface area contributed by atoms with Crippen LogP contribution in [0.4, 0.5) is 14.5 Å². The first-order valence-corrected chi connectivity index (χ1v) is 10.2. The third-order valence-corrected chi connectivity index (χ3v) is 6.33. The van der Waals surface area contributed by atoms with E-state index >= 15 is 0 Å². The van der Waals surface area contributed by atoms with Gasteiger partial charge in [-0.2, -0.15) is 5.26 Å². The van der Waals surface area contributed by atoms with Crippen LogP contribution in [-0.4, -0.2) is 55.2 Å². The van der Waals surface area contributed by atoms with Crippen molar-refractivity contribution in [1.29, 1.82) is 5.26 Å². The lowest BCUT2D eigenvalue weighted by Gasteiger charge is -2.38. The highest BCUT2D eigenvalue weighted by Crippen LogP contribution is 2.47. The van der Waals surface area contributed by atoms with E-state index in [1.54, 1.807) is 24.1 Å². The summed E-state index contributed by atoms with van der Waals surface area (Å²) in [6, 6.07) is 9.18. The number of carboxylic acids is 1. The van der Waals surface area contributed by atoms with Gasteiger partial charge in [-0.1, -0.05) is 0 Å². The predicted molar refractivity (Wildman–Crippen MR) is 111 cm³/mol. The first-order chi connectivity index (χ1) is 15.3. The molecular weight excluding hydrogens is 420 g/mol. The number of carbonyl (C=O) groups is 2. The third kappa shape index (κ3) is 3.56. The second-order valence-electron chi connectivity index (χ2n) is 8.05. The second-order valence-corrected chi connectivity index (χ2v) is 8.05. The number of fused-ring (bicyclic) bond motifs is 2. The van der Waals surface area contributed by atoms with E-state index in [2.05, 4.69) is 11.0 Å². The smallest absolute Gasteiger partial charge is 0.341 e. The van der Waals surface area contributed by atoms with Crippen molar-refractivity contribution in [3.63, 3.8) is 0 Å². The van der Waals surface area contributed by atoms with Crippen LogP contribution in [0.25, 0.3) is 0 Å². The molecule has 1 fully saturated rings. The maximum atomic E-state index is 13.8. The van der Waals surface area contributed by atoms with Crippen LogP contribution in [0.2, 0.25) is 0 Å². The van der Waals surface area contributed by atoms with Crippen molar-refractivity contribution in [3.8, 4) is 11.8 Å². The van der Waals surface area contributed by atoms with Crippen LogP contribution >= 0.6 is 0 Å². The van der Waals surface area contributed by atoms with Gasteiger partial charge in [-0.05, 0) is 49.7 Å². The van der Waals surface area contributed by atoms with Crippen molar-refractivity contribution in [2.45, 2.75) is 18.3 Å². The summed E-state index contributed by atoms with van der Waals surface area (Å²) < 4.78 is 33.0. The van der Waals surface area contributed by atoms with Gasteiger partial charge in [0.2, 0.25) is 5.91 Å². The van der Waals surface area contributed by atoms with E-state index in [1.165, 1.54) is 0 Å². The standard InChI is InChI=1S/C23H21F2N3O4/c1-27-19-3-2-14(13-26)10-16(19)23(22(27)31)4-6-28(7-5-23)8-9-32-15-11-17(24)20(21(29)30)18(25)12-15/h2-3,10-12H,4-9H2,1H3,(H,29,30). The number of benzene rings is 2. The molecule has 0 atom stereocenters. The normalized spacial score (nSPS) is 17.3. The van der Waals surface area contributed by atoms with Crippen LogP contribution in [0.5, 0.6) is 5.75 Å². The molecule has 2 aliphatic rings. The minimum atomic E-state index is -1.68. The fraction of sp³-hybridized carbons (Fsp3) is 0.348. The van der Waals surface area contributed by atoms with Crippen LogP contribution in [-0.2, 0) is 10.2 Å². The predicted octanol–water partition coefficient (Wildman–Crippen LogP) is 2.92. The van der Waals surface area contributed by atoms with Crippen molar-refractivity contribution in [3.05, 3.63) is 58.7 Å². The Labute approximate surface area is 183 Å². The molecule has 32 heavy (non-hydrogen) atoms. The number of piperidine rings is 1. The van der Waals surface area contributed by atoms with Gasteiger partial charge in [-0.3, -0.25) is 9.69 Å². The maximum Gasteiger partial charge on any atom is 0.341 e. The van der Waals surface area contributed by atoms with Gasteiger partial charge in [0.15, 0.2) is 0 Å². The summed E-state index contributed by atoms with van der Waals surface area (Å²) in [5, 5.41) is 18.1. The van der Waals surface area contributed by atoms with Crippen molar-refractivity contribution in [2.75, 3.05) is 38.2 Å². The highest BCUT2D eigenvalue weighted by Gasteiger charge is 2.50. The molecule has 0 radical (unpaired) electrons. The lowest BCUT2D eigenvalue weighted by Crippen LogP contribution is -2.48. The van der Waals surface area contributed by atoms with Gasteiger partial charge in [0.05, 0.1) is 17.0 Å². The van der Waals surface area contributed by atoms with E-state index in [1.807, 2.05) is 6.07 Å². The number of hydrogen-bond acceptors (Lipinski definition) is 5. The molecular formula is C23H21F2N3O4. The molecule has 0 bridgehead atoms. The number of carboxylic acid groups (broad SMARTS) is 1. The molecule has 0 aromatic heterocycles. The van der Waals surface area contributed by atoms with E-state index < -0.39 is 28.6 Å². The summed E-state index contributed by atoms with van der Waals surface area (Å²) in [5.74, 6) is -4.10. The Morgan fingerprint density at radius 1 is 1.22 bits per heavy atom. The first-order valence-electron chi connectivity index (χ1n) is 10.2. The Morgan fingerprint density at radius 2 is 1.88 bits per heavy atom. The molecule has 2 aromatic rings. The van der Waals surface area contributed by atoms with Gasteiger partial charge < -0.3 is 14.7 Å². The molecule has 9 heteroatoms. The summed E-state index contributed by atoms with van der Waals surface area (Å²) in [7, 11) is 1.75. The zero-order chi connectivity index (χ0) is 23.0. The Bertz CT molecular complexity index is 1110. The van der Waals surface area contributed by atoms with Gasteiger partial charge in [0.25, 0.3) is 0 Å². The van der Waals surface area contributed by atoms with Crippen LogP contribution < -0.4 is 9.64 Å². The fourth-order valence-electron chi connectivity index (χ4n) is 4.60. The molecule has 1 N–H and O–H groups in total. The number of likely N-dealkylation sites (tertiary alicyclic amines) is 1. The molecule has 2 aliphatic heterocycles. The minimum absolute atomic E-state index is 0.0305. The maximum absolute atomic E-state index is 13.8. The van der Waals surface area contributed by atoms with Crippen LogP contribution in [0.3, 0.4) is 0 Å². The van der Waals surface area contributed by atoms with Crippen molar-refractivity contribution in [2.24, 2.45) is 0 Å². The number of amides is 1. The summed E-state index contributed by atoms with van der Waals surface area (Å²) >= 11 is 0. The zero-order valence-electron chi connectivity index (χ0n) is 17.4. The molecule has 166 valence electrons. The number of likely N-dealkylation sites (N-methyl/N-ethyl adjacent to an activating group) is 1. The topological polar surface area (TPSA) is 93.9 Å². The molecule has 1 spiro atoms. The number of rotatable bonds is 5. The second kappa shape index (κ2) is 8.20. The molecule has 1 saturated heterocycles.